The Hall–Kier alpha value is -3.15. The number of rotatable bonds is 4. The number of H-pyrrole nitrogens is 1. The number of benzene rings is 1. The molecule has 6 heteroatoms. The van der Waals surface area contributed by atoms with Crippen LogP contribution in [0.2, 0.25) is 0 Å². The molecule has 3 aromatic rings. The first-order valence-electron chi connectivity index (χ1n) is 6.94. The number of pyridine rings is 1. The third kappa shape index (κ3) is 2.91. The van der Waals surface area contributed by atoms with Crippen LogP contribution >= 0.6 is 0 Å². The number of allylic oxidation sites excluding steroid dienone is 1. The van der Waals surface area contributed by atoms with Crippen LogP contribution in [0.5, 0.6) is 0 Å². The number of aliphatic imine (C=N–C) groups is 2. The highest BCUT2D eigenvalue weighted by atomic mass is 19.1. The summed E-state index contributed by atoms with van der Waals surface area (Å²) in [7, 11) is 0. The molecule has 0 fully saturated rings. The summed E-state index contributed by atoms with van der Waals surface area (Å²) in [5.41, 5.74) is 3.35. The largest absolute Gasteiger partial charge is 0.276 e. The third-order valence-corrected chi connectivity index (χ3v) is 3.40. The van der Waals surface area contributed by atoms with Crippen LogP contribution in [0, 0.1) is 5.82 Å². The molecule has 1 N–H and O–H groups in total. The molecule has 2 heterocycles. The summed E-state index contributed by atoms with van der Waals surface area (Å²) >= 11 is 0. The maximum atomic E-state index is 14.0. The zero-order chi connectivity index (χ0) is 16.2. The van der Waals surface area contributed by atoms with Crippen molar-refractivity contribution < 1.29 is 4.39 Å². The number of nitrogens with zero attached hydrogens (tertiary/aromatic N) is 4. The van der Waals surface area contributed by atoms with Gasteiger partial charge in [-0.15, -0.1) is 0 Å². The topological polar surface area (TPSA) is 66.3 Å². The van der Waals surface area contributed by atoms with Gasteiger partial charge in [0.2, 0.25) is 0 Å². The molecule has 0 aliphatic carbocycles. The summed E-state index contributed by atoms with van der Waals surface area (Å²) in [5.74, 6) is -0.312. The minimum Gasteiger partial charge on any atom is -0.276 e. The van der Waals surface area contributed by atoms with Crippen LogP contribution in [0.3, 0.4) is 0 Å². The number of aromatic amines is 1. The average Bonchev–Trinajstić information content (AvgIpc) is 2.98. The number of fused-ring (bicyclic) bond motifs is 1. The predicted octanol–water partition coefficient (Wildman–Crippen LogP) is 3.85. The van der Waals surface area contributed by atoms with E-state index in [2.05, 4.69) is 31.9 Å². The Labute approximate surface area is 132 Å². The van der Waals surface area contributed by atoms with Crippen LogP contribution in [0.1, 0.15) is 12.6 Å². The van der Waals surface area contributed by atoms with Crippen LogP contribution < -0.4 is 0 Å². The van der Waals surface area contributed by atoms with Gasteiger partial charge in [0.05, 0.1) is 17.4 Å². The van der Waals surface area contributed by atoms with Crippen LogP contribution in [0.15, 0.2) is 52.7 Å². The number of nitrogens with one attached hydrogen (secondary N) is 1. The van der Waals surface area contributed by atoms with Gasteiger partial charge in [-0.2, -0.15) is 5.10 Å². The zero-order valence-corrected chi connectivity index (χ0v) is 12.5. The number of hydrogen-bond acceptors (Lipinski definition) is 3. The Morgan fingerprint density at radius 2 is 2.17 bits per heavy atom. The first-order valence-corrected chi connectivity index (χ1v) is 6.94. The van der Waals surface area contributed by atoms with Crippen LogP contribution in [-0.2, 0) is 0 Å². The highest BCUT2D eigenvalue weighted by Crippen LogP contribution is 2.29. The van der Waals surface area contributed by atoms with E-state index >= 15 is 0 Å². The van der Waals surface area contributed by atoms with Gasteiger partial charge in [-0.25, -0.2) is 9.38 Å². The van der Waals surface area contributed by atoms with Crippen molar-refractivity contribution in [3.8, 4) is 11.3 Å². The van der Waals surface area contributed by atoms with Crippen molar-refractivity contribution in [3.63, 3.8) is 0 Å². The van der Waals surface area contributed by atoms with E-state index in [0.29, 0.717) is 11.3 Å². The van der Waals surface area contributed by atoms with E-state index in [9.17, 15) is 4.39 Å². The number of hydrogen-bond donors (Lipinski definition) is 1. The van der Waals surface area contributed by atoms with Gasteiger partial charge < -0.3 is 0 Å². The molecule has 5 nitrogen and oxygen atoms in total. The summed E-state index contributed by atoms with van der Waals surface area (Å²) in [6.45, 7) is 5.21. The van der Waals surface area contributed by atoms with Crippen LogP contribution in [0.4, 0.5) is 4.39 Å². The Kier molecular flexibility index (Phi) is 4.05. The summed E-state index contributed by atoms with van der Waals surface area (Å²) in [5, 5.41) is 7.91. The summed E-state index contributed by atoms with van der Waals surface area (Å²) in [6, 6.07) is 8.42. The maximum absolute atomic E-state index is 14.0. The maximum Gasteiger partial charge on any atom is 0.132 e. The van der Waals surface area contributed by atoms with Crippen LogP contribution in [0.25, 0.3) is 27.7 Å². The second-order valence-electron chi connectivity index (χ2n) is 4.93. The normalized spacial score (nSPS) is 12.2. The highest BCUT2D eigenvalue weighted by Gasteiger charge is 2.13. The monoisotopic (exact) mass is 307 g/mol. The van der Waals surface area contributed by atoms with Gasteiger partial charge in [-0.05, 0) is 37.4 Å². The molecule has 0 atom stereocenters. The second kappa shape index (κ2) is 6.31. The molecule has 0 saturated carbocycles. The minimum absolute atomic E-state index is 0.312. The highest BCUT2D eigenvalue weighted by molar-refractivity contribution is 5.94. The molecule has 23 heavy (non-hydrogen) atoms. The summed E-state index contributed by atoms with van der Waals surface area (Å²) < 4.78 is 14.0. The standard InChI is InChI=1S/C17H14FN5/c1-11(8-20-10-19-2)15-7-13-16(9-21-15)22-23-17(13)12-5-3-4-6-14(12)18/h3-10H,2H2,1H3,(H,22,23)/b11-8+,20-10-. The quantitative estimate of drug-likeness (QED) is 0.587. The summed E-state index contributed by atoms with van der Waals surface area (Å²) in [4.78, 5) is 11.9. The van der Waals surface area contributed by atoms with Gasteiger partial charge in [0.25, 0.3) is 0 Å². The van der Waals surface area contributed by atoms with E-state index in [4.69, 9.17) is 0 Å². The molecule has 1 aromatic carbocycles. The number of halogens is 1. The lowest BCUT2D eigenvalue weighted by Gasteiger charge is -2.02. The van der Waals surface area contributed by atoms with Crippen molar-refractivity contribution in [1.29, 1.82) is 0 Å². The first kappa shape index (κ1) is 14.8. The number of aromatic nitrogens is 3. The SMILES string of the molecule is C=N/C=N\C=C(/C)c1cc2c(-c3ccccc3F)n[nH]c2cn1. The molecule has 0 spiro atoms. The molecule has 0 unspecified atom stereocenters. The Morgan fingerprint density at radius 3 is 2.96 bits per heavy atom. The fourth-order valence-electron chi connectivity index (χ4n) is 2.25. The third-order valence-electron chi connectivity index (χ3n) is 3.40. The van der Waals surface area contributed by atoms with Crippen molar-refractivity contribution in [2.75, 3.05) is 0 Å². The average molecular weight is 307 g/mol. The molecular formula is C17H14FN5. The molecule has 0 amide bonds. The van der Waals surface area contributed by atoms with Crippen molar-refractivity contribution in [2.45, 2.75) is 6.92 Å². The second-order valence-corrected chi connectivity index (χ2v) is 4.93. The summed E-state index contributed by atoms with van der Waals surface area (Å²) in [6.07, 6.45) is 4.67. The zero-order valence-electron chi connectivity index (χ0n) is 12.5. The molecule has 2 aromatic heterocycles. The van der Waals surface area contributed by atoms with Crippen molar-refractivity contribution in [2.24, 2.45) is 9.98 Å². The van der Waals surface area contributed by atoms with Gasteiger partial charge in [0.1, 0.15) is 17.8 Å². The lowest BCUT2D eigenvalue weighted by molar-refractivity contribution is 0.631. The molecule has 0 aliphatic heterocycles. The van der Waals surface area contributed by atoms with Crippen molar-refractivity contribution in [3.05, 3.63) is 54.2 Å². The predicted molar refractivity (Wildman–Crippen MR) is 91.0 cm³/mol. The fourth-order valence-corrected chi connectivity index (χ4v) is 2.25. The molecule has 0 saturated heterocycles. The lowest BCUT2D eigenvalue weighted by atomic mass is 10.1. The Balaban J connectivity index is 2.11. The molecule has 0 radical (unpaired) electrons. The van der Waals surface area contributed by atoms with Gasteiger partial charge in [-0.3, -0.25) is 15.1 Å². The van der Waals surface area contributed by atoms with Crippen LogP contribution in [-0.4, -0.2) is 28.2 Å². The molecule has 0 bridgehead atoms. The van der Waals surface area contributed by atoms with E-state index in [1.165, 1.54) is 12.4 Å². The van der Waals surface area contributed by atoms with Crippen molar-refractivity contribution in [1.82, 2.24) is 15.2 Å². The Morgan fingerprint density at radius 1 is 1.35 bits per heavy atom. The van der Waals surface area contributed by atoms with E-state index in [-0.39, 0.29) is 5.82 Å². The lowest BCUT2D eigenvalue weighted by Crippen LogP contribution is -1.87. The van der Waals surface area contributed by atoms with Gasteiger partial charge in [0.15, 0.2) is 0 Å². The fraction of sp³-hybridized carbons (Fsp3) is 0.0588. The molecule has 3 rings (SSSR count). The van der Waals surface area contributed by atoms with E-state index in [0.717, 1.165) is 22.2 Å². The van der Waals surface area contributed by atoms with Gasteiger partial charge in [0, 0.05) is 17.1 Å². The smallest absolute Gasteiger partial charge is 0.132 e. The molecular weight excluding hydrogens is 293 g/mol. The van der Waals surface area contributed by atoms with E-state index in [1.54, 1.807) is 30.6 Å². The van der Waals surface area contributed by atoms with E-state index in [1.807, 2.05) is 13.0 Å². The van der Waals surface area contributed by atoms with Gasteiger partial charge in [-0.1, -0.05) is 12.1 Å². The Bertz CT molecular complexity index is 924. The minimum atomic E-state index is -0.312. The molecule has 0 aliphatic rings. The van der Waals surface area contributed by atoms with E-state index < -0.39 is 0 Å². The first-order chi connectivity index (χ1) is 11.2. The molecule has 114 valence electrons. The van der Waals surface area contributed by atoms with Crippen molar-refractivity contribution >= 4 is 29.5 Å². The van der Waals surface area contributed by atoms with Gasteiger partial charge >= 0.3 is 0 Å².